The predicted octanol–water partition coefficient (Wildman–Crippen LogP) is 4.97. The number of ether oxygens (including phenoxy) is 2. The molecule has 5 nitrogen and oxygen atoms in total. The van der Waals surface area contributed by atoms with Gasteiger partial charge in [-0.25, -0.2) is 4.98 Å². The monoisotopic (exact) mass is 588 g/mol. The van der Waals surface area contributed by atoms with Crippen molar-refractivity contribution in [3.63, 3.8) is 0 Å². The van der Waals surface area contributed by atoms with Crippen LogP contribution in [0.3, 0.4) is 0 Å². The summed E-state index contributed by atoms with van der Waals surface area (Å²) in [5.74, 6) is 1.61. The van der Waals surface area contributed by atoms with Crippen LogP contribution in [0.25, 0.3) is 10.9 Å². The van der Waals surface area contributed by atoms with Crippen LogP contribution in [-0.2, 0) is 32.2 Å². The molecule has 2 aliphatic rings. The summed E-state index contributed by atoms with van der Waals surface area (Å²) in [6, 6.07) is 26.2. The van der Waals surface area contributed by atoms with Crippen LogP contribution in [-0.4, -0.2) is 22.0 Å². The maximum absolute atomic E-state index is 10.0. The Morgan fingerprint density at radius 1 is 0.968 bits per heavy atom. The first kappa shape index (κ1) is 19.8. The molecule has 0 radical (unpaired) electrons. The first-order chi connectivity index (χ1) is 14.7. The molecule has 2 heterocycles. The zero-order valence-electron chi connectivity index (χ0n) is 16.3. The summed E-state index contributed by atoms with van der Waals surface area (Å²) >= 11 is 0. The number of hydrogen-bond acceptors (Lipinski definition) is 5. The summed E-state index contributed by atoms with van der Waals surface area (Å²) in [4.78, 5) is 9.21. The number of hydrogen-bond donors (Lipinski definition) is 1. The smallest absolute Gasteiger partial charge is 0.217 e. The summed E-state index contributed by atoms with van der Waals surface area (Å²) in [5, 5.41) is 10.9. The van der Waals surface area contributed by atoms with E-state index in [0.717, 1.165) is 17.4 Å². The van der Waals surface area contributed by atoms with Crippen molar-refractivity contribution in [2.24, 2.45) is 4.99 Å². The average molecular weight is 589 g/mol. The molecule has 3 aromatic carbocycles. The summed E-state index contributed by atoms with van der Waals surface area (Å²) < 4.78 is 12.1. The first-order valence-corrected chi connectivity index (χ1v) is 9.86. The second kappa shape index (κ2) is 7.82. The van der Waals surface area contributed by atoms with E-state index in [2.05, 4.69) is 29.2 Å². The summed E-state index contributed by atoms with van der Waals surface area (Å²) in [5.41, 5.74) is 3.78. The number of aromatic hydroxyl groups is 1. The molecule has 1 aliphatic heterocycles. The van der Waals surface area contributed by atoms with Gasteiger partial charge in [0, 0.05) is 38.3 Å². The Labute approximate surface area is 193 Å². The Morgan fingerprint density at radius 3 is 2.77 bits per heavy atom. The van der Waals surface area contributed by atoms with Crippen LogP contribution in [0, 0.1) is 6.07 Å². The SMILES string of the molecule is Oc1cccc2ccc(Oc3[c-]c(C4=N[C@H]5Cc6ccccc6[C@H]5O4)ccc3)nc12.[Pt]. The van der Waals surface area contributed by atoms with E-state index >= 15 is 0 Å². The Hall–Kier alpha value is -3.17. The van der Waals surface area contributed by atoms with Crippen molar-refractivity contribution in [2.75, 3.05) is 0 Å². The van der Waals surface area contributed by atoms with Crippen molar-refractivity contribution in [3.8, 4) is 17.4 Å². The molecule has 6 rings (SSSR count). The maximum atomic E-state index is 10.0. The summed E-state index contributed by atoms with van der Waals surface area (Å²) in [6.07, 6.45) is 0.865. The Kier molecular flexibility index (Phi) is 4.99. The maximum Gasteiger partial charge on any atom is 0.217 e. The van der Waals surface area contributed by atoms with E-state index < -0.39 is 0 Å². The molecule has 0 fully saturated rings. The van der Waals surface area contributed by atoms with Gasteiger partial charge in [-0.1, -0.05) is 48.0 Å². The number of aromatic nitrogens is 1. The number of aliphatic imine (C=N–C) groups is 1. The second-order valence-electron chi connectivity index (χ2n) is 7.47. The van der Waals surface area contributed by atoms with Crippen LogP contribution in [0.2, 0.25) is 0 Å². The van der Waals surface area contributed by atoms with Crippen LogP contribution >= 0.6 is 0 Å². The van der Waals surface area contributed by atoms with Gasteiger partial charge in [0.2, 0.25) is 5.88 Å². The molecular formula is C25H17N2O3Pt-. The fraction of sp³-hybridized carbons (Fsp3) is 0.120. The fourth-order valence-corrected chi connectivity index (χ4v) is 4.14. The third-order valence-electron chi connectivity index (χ3n) is 5.55. The summed E-state index contributed by atoms with van der Waals surface area (Å²) in [7, 11) is 0. The van der Waals surface area contributed by atoms with Gasteiger partial charge in [0.25, 0.3) is 0 Å². The minimum Gasteiger partial charge on any atom is -0.510 e. The van der Waals surface area contributed by atoms with Crippen molar-refractivity contribution < 1.29 is 35.6 Å². The van der Waals surface area contributed by atoms with E-state index in [1.165, 1.54) is 11.1 Å². The minimum absolute atomic E-state index is 0. The normalized spacial score (nSPS) is 18.5. The van der Waals surface area contributed by atoms with E-state index in [-0.39, 0.29) is 39.0 Å². The number of benzene rings is 3. The number of phenols is 1. The van der Waals surface area contributed by atoms with Crippen molar-refractivity contribution >= 4 is 16.8 Å². The molecular weight excluding hydrogens is 571 g/mol. The van der Waals surface area contributed by atoms with Gasteiger partial charge in [0.15, 0.2) is 0 Å². The van der Waals surface area contributed by atoms with Crippen LogP contribution in [0.15, 0.2) is 77.8 Å². The van der Waals surface area contributed by atoms with Gasteiger partial charge >= 0.3 is 0 Å². The summed E-state index contributed by atoms with van der Waals surface area (Å²) in [6.45, 7) is 0. The number of fused-ring (bicyclic) bond motifs is 4. The van der Waals surface area contributed by atoms with E-state index in [0.29, 0.717) is 23.0 Å². The molecule has 2 atom stereocenters. The number of para-hydroxylation sites is 1. The molecule has 4 aromatic rings. The van der Waals surface area contributed by atoms with Crippen LogP contribution in [0.4, 0.5) is 0 Å². The second-order valence-corrected chi connectivity index (χ2v) is 7.47. The van der Waals surface area contributed by atoms with E-state index in [9.17, 15) is 5.11 Å². The molecule has 156 valence electrons. The van der Waals surface area contributed by atoms with Gasteiger partial charge in [-0.05, 0) is 29.7 Å². The number of pyridine rings is 1. The molecule has 1 aliphatic carbocycles. The molecule has 0 bridgehead atoms. The zero-order chi connectivity index (χ0) is 20.1. The number of phenolic OH excluding ortho intramolecular Hbond substituents is 1. The molecule has 0 amide bonds. The van der Waals surface area contributed by atoms with Crippen LogP contribution in [0.1, 0.15) is 22.8 Å². The average Bonchev–Trinajstić information content (AvgIpc) is 3.33. The molecule has 0 unspecified atom stereocenters. The van der Waals surface area contributed by atoms with Crippen molar-refractivity contribution in [2.45, 2.75) is 18.6 Å². The van der Waals surface area contributed by atoms with Crippen molar-refractivity contribution in [3.05, 3.63) is 95.6 Å². The third-order valence-corrected chi connectivity index (χ3v) is 5.55. The van der Waals surface area contributed by atoms with Gasteiger partial charge in [0.05, 0.1) is 6.04 Å². The van der Waals surface area contributed by atoms with Gasteiger partial charge < -0.3 is 14.6 Å². The van der Waals surface area contributed by atoms with Gasteiger partial charge in [-0.3, -0.25) is 4.99 Å². The van der Waals surface area contributed by atoms with Crippen molar-refractivity contribution in [1.82, 2.24) is 4.98 Å². The Morgan fingerprint density at radius 2 is 1.84 bits per heavy atom. The van der Waals surface area contributed by atoms with Crippen LogP contribution in [0.5, 0.6) is 17.4 Å². The Balaban J connectivity index is 0.00000204. The molecule has 1 aromatic heterocycles. The van der Waals surface area contributed by atoms with E-state index in [1.54, 1.807) is 18.2 Å². The largest absolute Gasteiger partial charge is 0.510 e. The third kappa shape index (κ3) is 3.49. The van der Waals surface area contributed by atoms with Gasteiger partial charge in [-0.2, -0.15) is 0 Å². The minimum atomic E-state index is -0.0284. The fourth-order valence-electron chi connectivity index (χ4n) is 4.14. The molecule has 0 saturated heterocycles. The molecule has 0 saturated carbocycles. The van der Waals surface area contributed by atoms with E-state index in [4.69, 9.17) is 14.5 Å². The van der Waals surface area contributed by atoms with Crippen LogP contribution < -0.4 is 4.74 Å². The Bertz CT molecular complexity index is 1320. The zero-order valence-corrected chi connectivity index (χ0v) is 18.5. The van der Waals surface area contributed by atoms with Crippen molar-refractivity contribution in [1.29, 1.82) is 0 Å². The predicted molar refractivity (Wildman–Crippen MR) is 113 cm³/mol. The first-order valence-electron chi connectivity index (χ1n) is 9.86. The topological polar surface area (TPSA) is 63.9 Å². The molecule has 6 heteroatoms. The van der Waals surface area contributed by atoms with Gasteiger partial charge in [0.1, 0.15) is 23.3 Å². The van der Waals surface area contributed by atoms with E-state index in [1.807, 2.05) is 36.4 Å². The molecule has 31 heavy (non-hydrogen) atoms. The van der Waals surface area contributed by atoms with Gasteiger partial charge in [-0.15, -0.1) is 18.2 Å². The molecule has 1 N–H and O–H groups in total. The number of nitrogens with zero attached hydrogens (tertiary/aromatic N) is 2. The molecule has 0 spiro atoms. The standard InChI is InChI=1S/C25H17N2O3.Pt/c28-21-10-4-6-15-11-12-22(27-23(15)21)29-18-8-3-7-17(13-18)25-26-20-14-16-5-1-2-9-19(16)24(20)30-25;/h1-12,20,24,28H,14H2;/q-1;/t20-,24+;/m0./s1. The quantitative estimate of drug-likeness (QED) is 0.344. The number of rotatable bonds is 3.